The van der Waals surface area contributed by atoms with Crippen LogP contribution in [0.1, 0.15) is 11.1 Å². The third kappa shape index (κ3) is 4.18. The minimum atomic E-state index is -1.24. The van der Waals surface area contributed by atoms with Gasteiger partial charge in [-0.25, -0.2) is 4.79 Å². The van der Waals surface area contributed by atoms with E-state index in [1.807, 2.05) is 36.4 Å². The molecule has 26 heavy (non-hydrogen) atoms. The summed E-state index contributed by atoms with van der Waals surface area (Å²) in [5.74, 6) is -0.0517. The van der Waals surface area contributed by atoms with Crippen molar-refractivity contribution in [3.8, 4) is 11.5 Å². The van der Waals surface area contributed by atoms with Crippen molar-refractivity contribution in [2.75, 3.05) is 7.11 Å². The normalized spacial score (nSPS) is 11.2. The van der Waals surface area contributed by atoms with Crippen LogP contribution in [0.3, 0.4) is 0 Å². The number of halogens is 2. The summed E-state index contributed by atoms with van der Waals surface area (Å²) in [6.45, 7) is 0. The van der Waals surface area contributed by atoms with Crippen LogP contribution in [0.25, 0.3) is 22.9 Å². The highest BCUT2D eigenvalue weighted by atomic mass is 35.5. The molecule has 0 aliphatic carbocycles. The third-order valence-electron chi connectivity index (χ3n) is 3.86. The van der Waals surface area contributed by atoms with Crippen LogP contribution >= 0.6 is 23.2 Å². The number of ether oxygens (including phenoxy) is 2. The first-order valence-electron chi connectivity index (χ1n) is 7.92. The lowest BCUT2D eigenvalue weighted by Crippen LogP contribution is -2.16. The number of carbonyl (C=O) groups is 1. The summed E-state index contributed by atoms with van der Waals surface area (Å²) in [7, 11) is 1.50. The summed E-state index contributed by atoms with van der Waals surface area (Å²) in [5.41, 5.74) is 2.02. The lowest BCUT2D eigenvalue weighted by Gasteiger charge is -2.10. The van der Waals surface area contributed by atoms with Crippen LogP contribution < -0.4 is 9.47 Å². The Kier molecular flexibility index (Phi) is 5.82. The van der Waals surface area contributed by atoms with Crippen LogP contribution in [-0.4, -0.2) is 17.9 Å². The SMILES string of the molecule is COc1cc(/C=C/c2cccc3ccccc23)ccc1OC(=O)C(Cl)Cl. The maximum Gasteiger partial charge on any atom is 0.344 e. The van der Waals surface area contributed by atoms with E-state index in [-0.39, 0.29) is 5.75 Å². The molecule has 0 saturated carbocycles. The van der Waals surface area contributed by atoms with Crippen LogP contribution in [0.5, 0.6) is 11.5 Å². The number of fused-ring (bicyclic) bond motifs is 1. The molecule has 3 rings (SSSR count). The van der Waals surface area contributed by atoms with Crippen molar-refractivity contribution in [2.45, 2.75) is 4.84 Å². The van der Waals surface area contributed by atoms with E-state index in [4.69, 9.17) is 32.7 Å². The van der Waals surface area contributed by atoms with E-state index in [2.05, 4.69) is 24.3 Å². The van der Waals surface area contributed by atoms with Gasteiger partial charge in [0, 0.05) is 0 Å². The average Bonchev–Trinajstić information content (AvgIpc) is 2.66. The highest BCUT2D eigenvalue weighted by molar-refractivity contribution is 6.53. The van der Waals surface area contributed by atoms with Gasteiger partial charge in [-0.1, -0.05) is 83.9 Å². The van der Waals surface area contributed by atoms with Gasteiger partial charge in [0.25, 0.3) is 0 Å². The molecular formula is C21H16Cl2O3. The van der Waals surface area contributed by atoms with Crippen molar-refractivity contribution in [3.63, 3.8) is 0 Å². The second-order valence-electron chi connectivity index (χ2n) is 5.53. The average molecular weight is 387 g/mol. The number of hydrogen-bond acceptors (Lipinski definition) is 3. The Balaban J connectivity index is 1.88. The van der Waals surface area contributed by atoms with Crippen LogP contribution in [0.15, 0.2) is 60.7 Å². The fourth-order valence-electron chi connectivity index (χ4n) is 2.61. The Labute approximate surface area is 161 Å². The lowest BCUT2D eigenvalue weighted by molar-refractivity contribution is -0.132. The molecule has 0 aliphatic rings. The predicted molar refractivity (Wildman–Crippen MR) is 107 cm³/mol. The Morgan fingerprint density at radius 2 is 1.73 bits per heavy atom. The van der Waals surface area contributed by atoms with Gasteiger partial charge in [0.1, 0.15) is 0 Å². The molecule has 0 unspecified atom stereocenters. The molecule has 0 radical (unpaired) electrons. The Bertz CT molecular complexity index is 959. The molecule has 5 heteroatoms. The second-order valence-corrected chi connectivity index (χ2v) is 6.63. The van der Waals surface area contributed by atoms with Crippen molar-refractivity contribution >= 4 is 52.1 Å². The number of hydrogen-bond donors (Lipinski definition) is 0. The highest BCUT2D eigenvalue weighted by Crippen LogP contribution is 2.30. The van der Waals surface area contributed by atoms with E-state index in [0.29, 0.717) is 5.75 Å². The van der Waals surface area contributed by atoms with Crippen molar-refractivity contribution in [2.24, 2.45) is 0 Å². The van der Waals surface area contributed by atoms with E-state index in [9.17, 15) is 4.79 Å². The molecule has 0 bridgehead atoms. The van der Waals surface area contributed by atoms with Crippen molar-refractivity contribution in [1.29, 1.82) is 0 Å². The lowest BCUT2D eigenvalue weighted by atomic mass is 10.0. The predicted octanol–water partition coefficient (Wildman–Crippen LogP) is 5.73. The third-order valence-corrected chi connectivity index (χ3v) is 4.21. The van der Waals surface area contributed by atoms with Gasteiger partial charge >= 0.3 is 5.97 Å². The van der Waals surface area contributed by atoms with Gasteiger partial charge in [-0.3, -0.25) is 0 Å². The zero-order chi connectivity index (χ0) is 18.5. The molecule has 0 atom stereocenters. The van der Waals surface area contributed by atoms with E-state index in [1.54, 1.807) is 12.1 Å². The number of rotatable bonds is 5. The number of alkyl halides is 2. The molecule has 0 heterocycles. The van der Waals surface area contributed by atoms with Crippen LogP contribution in [0.4, 0.5) is 0 Å². The Hall–Kier alpha value is -2.49. The van der Waals surface area contributed by atoms with Gasteiger partial charge in [-0.05, 0) is 34.0 Å². The zero-order valence-corrected chi connectivity index (χ0v) is 15.5. The van der Waals surface area contributed by atoms with Gasteiger partial charge in [-0.2, -0.15) is 0 Å². The van der Waals surface area contributed by atoms with Gasteiger partial charge in [-0.15, -0.1) is 0 Å². The zero-order valence-electron chi connectivity index (χ0n) is 14.0. The molecule has 3 aromatic rings. The Morgan fingerprint density at radius 3 is 2.50 bits per heavy atom. The number of benzene rings is 3. The summed E-state index contributed by atoms with van der Waals surface area (Å²) in [6.07, 6.45) is 4.01. The smallest absolute Gasteiger partial charge is 0.344 e. The second kappa shape index (κ2) is 8.26. The summed E-state index contributed by atoms with van der Waals surface area (Å²) in [4.78, 5) is 10.3. The van der Waals surface area contributed by atoms with E-state index in [1.165, 1.54) is 17.9 Å². The summed E-state index contributed by atoms with van der Waals surface area (Å²) in [6, 6.07) is 19.6. The molecule has 3 aromatic carbocycles. The van der Waals surface area contributed by atoms with Gasteiger partial charge in [0.2, 0.25) is 4.84 Å². The van der Waals surface area contributed by atoms with Crippen molar-refractivity contribution in [1.82, 2.24) is 0 Å². The Morgan fingerprint density at radius 1 is 0.962 bits per heavy atom. The molecule has 3 nitrogen and oxygen atoms in total. The van der Waals surface area contributed by atoms with Gasteiger partial charge in [0.15, 0.2) is 11.5 Å². The van der Waals surface area contributed by atoms with Gasteiger partial charge in [0.05, 0.1) is 7.11 Å². The topological polar surface area (TPSA) is 35.5 Å². The molecule has 132 valence electrons. The minimum absolute atomic E-state index is 0.270. The molecule has 0 spiro atoms. The number of esters is 1. The highest BCUT2D eigenvalue weighted by Gasteiger charge is 2.16. The molecule has 0 fully saturated rings. The van der Waals surface area contributed by atoms with Crippen molar-refractivity contribution in [3.05, 3.63) is 71.8 Å². The van der Waals surface area contributed by atoms with E-state index >= 15 is 0 Å². The molecule has 0 N–H and O–H groups in total. The molecule has 0 aromatic heterocycles. The van der Waals surface area contributed by atoms with Crippen LogP contribution in [0.2, 0.25) is 0 Å². The summed E-state index contributed by atoms with van der Waals surface area (Å²) in [5, 5.41) is 2.37. The number of carbonyl (C=O) groups excluding carboxylic acids is 1. The maximum atomic E-state index is 11.5. The quantitative estimate of drug-likeness (QED) is 0.243. The largest absolute Gasteiger partial charge is 0.493 e. The number of methoxy groups -OCH3 is 1. The monoisotopic (exact) mass is 386 g/mol. The van der Waals surface area contributed by atoms with Gasteiger partial charge < -0.3 is 9.47 Å². The first-order chi connectivity index (χ1) is 12.6. The summed E-state index contributed by atoms with van der Waals surface area (Å²) >= 11 is 11.0. The fourth-order valence-corrected chi connectivity index (χ4v) is 2.70. The first kappa shape index (κ1) is 18.3. The van der Waals surface area contributed by atoms with E-state index < -0.39 is 10.8 Å². The molecular weight excluding hydrogens is 371 g/mol. The first-order valence-corrected chi connectivity index (χ1v) is 8.79. The molecule has 0 saturated heterocycles. The minimum Gasteiger partial charge on any atom is -0.493 e. The van der Waals surface area contributed by atoms with Crippen LogP contribution in [0, 0.1) is 0 Å². The maximum absolute atomic E-state index is 11.5. The molecule has 0 amide bonds. The molecule has 0 aliphatic heterocycles. The van der Waals surface area contributed by atoms with Crippen molar-refractivity contribution < 1.29 is 14.3 Å². The standard InChI is InChI=1S/C21H16Cl2O3/c1-25-19-13-14(10-12-18(19)26-21(24)20(22)23)9-11-16-7-4-6-15-5-2-3-8-17(15)16/h2-13,20H,1H3/b11-9+. The summed E-state index contributed by atoms with van der Waals surface area (Å²) < 4.78 is 10.4. The fraction of sp³-hybridized carbons (Fsp3) is 0.0952. The van der Waals surface area contributed by atoms with E-state index in [0.717, 1.165) is 11.1 Å². The van der Waals surface area contributed by atoms with Crippen LogP contribution in [-0.2, 0) is 4.79 Å².